The lowest BCUT2D eigenvalue weighted by Gasteiger charge is -2.33. The lowest BCUT2D eigenvalue weighted by Crippen LogP contribution is -2.38. The van der Waals surface area contributed by atoms with Gasteiger partial charge in [0.2, 0.25) is 0 Å². The molecule has 2 aromatic heterocycles. The number of nitrogens with one attached hydrogen (secondary N) is 1. The summed E-state index contributed by atoms with van der Waals surface area (Å²) in [6.07, 6.45) is 5.49. The number of ether oxygens (including phenoxy) is 2. The molecule has 2 atom stereocenters. The molecule has 5 rings (SSSR count). The van der Waals surface area contributed by atoms with Crippen molar-refractivity contribution in [2.45, 2.75) is 73.9 Å². The van der Waals surface area contributed by atoms with Gasteiger partial charge in [0, 0.05) is 29.4 Å². The minimum absolute atomic E-state index is 0. The SMILES string of the molecule is C.CCOC(=O)C1=C(C2CCc3nn(CC(C)(C)C(=O)OCC)cc3C2)NC(c2nccs2)=NC1c1ccc(F)c(F)c1C. The molecule has 2 unspecified atom stereocenters. The number of amidine groups is 1. The first-order valence-corrected chi connectivity index (χ1v) is 15.2. The second-order valence-electron chi connectivity index (χ2n) is 11.3. The number of rotatable bonds is 9. The van der Waals surface area contributed by atoms with Crippen molar-refractivity contribution in [1.29, 1.82) is 0 Å². The topological polar surface area (TPSA) is 108 Å². The monoisotopic (exact) mass is 627 g/mol. The number of hydrogen-bond donors (Lipinski definition) is 1. The van der Waals surface area contributed by atoms with Gasteiger partial charge in [0.15, 0.2) is 22.5 Å². The number of aliphatic imine (C=N–C) groups is 1. The number of thiazole rings is 1. The van der Waals surface area contributed by atoms with Gasteiger partial charge in [0.25, 0.3) is 0 Å². The third-order valence-electron chi connectivity index (χ3n) is 7.80. The maximum Gasteiger partial charge on any atom is 0.338 e. The lowest BCUT2D eigenvalue weighted by atomic mass is 9.81. The fraction of sp³-hybridized carbons (Fsp3) is 0.469. The number of esters is 2. The fourth-order valence-electron chi connectivity index (χ4n) is 5.64. The van der Waals surface area contributed by atoms with Gasteiger partial charge >= 0.3 is 11.9 Å². The summed E-state index contributed by atoms with van der Waals surface area (Å²) in [6, 6.07) is 1.59. The van der Waals surface area contributed by atoms with Crippen molar-refractivity contribution >= 4 is 29.1 Å². The van der Waals surface area contributed by atoms with Crippen molar-refractivity contribution in [3.05, 3.63) is 80.2 Å². The molecule has 236 valence electrons. The summed E-state index contributed by atoms with van der Waals surface area (Å²) in [7, 11) is 0. The van der Waals surface area contributed by atoms with Gasteiger partial charge in [0.1, 0.15) is 6.04 Å². The maximum atomic E-state index is 14.8. The molecular formula is C32H39F2N5O4S. The molecule has 9 nitrogen and oxygen atoms in total. The van der Waals surface area contributed by atoms with Crippen molar-refractivity contribution in [3.8, 4) is 0 Å². The number of fused-ring (bicyclic) bond motifs is 1. The van der Waals surface area contributed by atoms with Crippen LogP contribution in [0.2, 0.25) is 0 Å². The molecule has 0 fully saturated rings. The van der Waals surface area contributed by atoms with E-state index in [9.17, 15) is 18.4 Å². The molecule has 1 aromatic carbocycles. The van der Waals surface area contributed by atoms with Crippen molar-refractivity contribution < 1.29 is 27.8 Å². The number of halogens is 2. The summed E-state index contributed by atoms with van der Waals surface area (Å²) in [5, 5.41) is 10.6. The van der Waals surface area contributed by atoms with Gasteiger partial charge < -0.3 is 14.8 Å². The predicted octanol–water partition coefficient (Wildman–Crippen LogP) is 5.87. The number of nitrogens with zero attached hydrogens (tertiary/aromatic N) is 4. The third-order valence-corrected chi connectivity index (χ3v) is 8.57. The third kappa shape index (κ3) is 6.45. The Morgan fingerprint density at radius 2 is 1.93 bits per heavy atom. The molecule has 0 bridgehead atoms. The molecule has 2 aliphatic rings. The van der Waals surface area contributed by atoms with Crippen LogP contribution < -0.4 is 5.32 Å². The standard InChI is InChI=1S/C31H35F2N5O4S.CH4/c1-6-41-29(39)23-25(18-8-11-22-19(14-18)15-38(37-22)16-31(4,5)30(40)42-7-2)35-27(28-34-12-13-43-28)36-26(23)20-9-10-21(32)24(33)17(20)3;/h9-10,12-13,15,18,26H,6-8,11,14,16H2,1-5H3,(H,35,36);1H4. The molecule has 0 saturated heterocycles. The molecule has 0 radical (unpaired) electrons. The Bertz CT molecular complexity index is 1600. The molecule has 1 N–H and O–H groups in total. The largest absolute Gasteiger partial charge is 0.466 e. The van der Waals surface area contributed by atoms with Crippen molar-refractivity contribution in [1.82, 2.24) is 20.1 Å². The van der Waals surface area contributed by atoms with Gasteiger partial charge in [-0.3, -0.25) is 14.5 Å². The van der Waals surface area contributed by atoms with Gasteiger partial charge in [0.05, 0.1) is 36.4 Å². The van der Waals surface area contributed by atoms with E-state index in [2.05, 4.69) is 10.3 Å². The summed E-state index contributed by atoms with van der Waals surface area (Å²) in [5.41, 5.74) is 2.52. The van der Waals surface area contributed by atoms with Crippen LogP contribution >= 0.6 is 11.3 Å². The van der Waals surface area contributed by atoms with Gasteiger partial charge in [-0.25, -0.2) is 18.6 Å². The summed E-state index contributed by atoms with van der Waals surface area (Å²) in [6.45, 7) is 9.44. The number of aromatic nitrogens is 3. The van der Waals surface area contributed by atoms with Crippen molar-refractivity contribution in [2.75, 3.05) is 13.2 Å². The second-order valence-corrected chi connectivity index (χ2v) is 12.2. The Labute approximate surface area is 260 Å². The highest BCUT2D eigenvalue weighted by molar-refractivity contribution is 7.11. The Balaban J connectivity index is 0.00000442. The van der Waals surface area contributed by atoms with E-state index in [-0.39, 0.29) is 37.1 Å². The smallest absolute Gasteiger partial charge is 0.338 e. The first-order valence-electron chi connectivity index (χ1n) is 14.4. The minimum Gasteiger partial charge on any atom is -0.466 e. The zero-order chi connectivity index (χ0) is 30.9. The summed E-state index contributed by atoms with van der Waals surface area (Å²) in [4.78, 5) is 35.3. The molecule has 44 heavy (non-hydrogen) atoms. The highest BCUT2D eigenvalue weighted by atomic mass is 32.1. The first-order chi connectivity index (χ1) is 20.5. The average molecular weight is 628 g/mol. The van der Waals surface area contributed by atoms with Gasteiger partial charge in [-0.05, 0) is 76.6 Å². The van der Waals surface area contributed by atoms with Gasteiger partial charge in [-0.1, -0.05) is 13.5 Å². The van der Waals surface area contributed by atoms with Crippen LogP contribution in [0, 0.1) is 29.9 Å². The zero-order valence-electron chi connectivity index (χ0n) is 24.9. The van der Waals surface area contributed by atoms with Crippen LogP contribution in [-0.4, -0.2) is 45.8 Å². The predicted molar refractivity (Wildman–Crippen MR) is 164 cm³/mol. The normalized spacial score (nSPS) is 18.1. The molecule has 0 saturated carbocycles. The van der Waals surface area contributed by atoms with E-state index in [1.807, 2.05) is 25.4 Å². The first kappa shape index (κ1) is 33.0. The number of hydrogen-bond acceptors (Lipinski definition) is 9. The molecular weight excluding hydrogens is 588 g/mol. The van der Waals surface area contributed by atoms with Crippen LogP contribution in [0.25, 0.3) is 0 Å². The van der Waals surface area contributed by atoms with E-state index in [1.54, 1.807) is 24.7 Å². The number of carbonyl (C=O) groups excluding carboxylic acids is 2. The summed E-state index contributed by atoms with van der Waals surface area (Å²) in [5.74, 6) is -2.51. The molecule has 0 amide bonds. The van der Waals surface area contributed by atoms with Crippen LogP contribution in [0.4, 0.5) is 8.78 Å². The Hall–Kier alpha value is -3.93. The number of benzene rings is 1. The molecule has 1 aliphatic heterocycles. The lowest BCUT2D eigenvalue weighted by molar-refractivity contribution is -0.154. The van der Waals surface area contributed by atoms with Crippen LogP contribution in [0.1, 0.15) is 75.0 Å². The maximum absolute atomic E-state index is 14.8. The average Bonchev–Trinajstić information content (AvgIpc) is 3.65. The molecule has 3 aromatic rings. The highest BCUT2D eigenvalue weighted by Crippen LogP contribution is 2.40. The summed E-state index contributed by atoms with van der Waals surface area (Å²) >= 11 is 1.38. The number of allylic oxidation sites excluding steroid dienone is 1. The summed E-state index contributed by atoms with van der Waals surface area (Å²) < 4.78 is 41.5. The fourth-order valence-corrected chi connectivity index (χ4v) is 6.23. The van der Waals surface area contributed by atoms with Crippen LogP contribution in [-0.2, 0) is 38.4 Å². The molecule has 1 aliphatic carbocycles. The van der Waals surface area contributed by atoms with Gasteiger partial charge in [-0.2, -0.15) is 5.10 Å². The second kappa shape index (κ2) is 13.4. The quantitative estimate of drug-likeness (QED) is 0.296. The van der Waals surface area contributed by atoms with Crippen molar-refractivity contribution in [3.63, 3.8) is 0 Å². The zero-order valence-corrected chi connectivity index (χ0v) is 25.7. The van der Waals surface area contributed by atoms with E-state index in [0.29, 0.717) is 54.5 Å². The number of carbonyl (C=O) groups is 2. The van der Waals surface area contributed by atoms with Crippen molar-refractivity contribution in [2.24, 2.45) is 16.3 Å². The number of aryl methyl sites for hydroxylation is 1. The van der Waals surface area contributed by atoms with E-state index in [0.717, 1.165) is 17.3 Å². The van der Waals surface area contributed by atoms with Crippen LogP contribution in [0.15, 0.2) is 46.2 Å². The minimum atomic E-state index is -0.979. The highest BCUT2D eigenvalue weighted by Gasteiger charge is 2.39. The van der Waals surface area contributed by atoms with E-state index in [4.69, 9.17) is 19.6 Å². The van der Waals surface area contributed by atoms with Crippen LogP contribution in [0.3, 0.4) is 0 Å². The van der Waals surface area contributed by atoms with Crippen LogP contribution in [0.5, 0.6) is 0 Å². The molecule has 3 heterocycles. The Morgan fingerprint density at radius 3 is 2.61 bits per heavy atom. The Morgan fingerprint density at radius 1 is 1.18 bits per heavy atom. The van der Waals surface area contributed by atoms with E-state index >= 15 is 0 Å². The molecule has 12 heteroatoms. The van der Waals surface area contributed by atoms with E-state index < -0.39 is 29.1 Å². The van der Waals surface area contributed by atoms with E-state index in [1.165, 1.54) is 24.3 Å². The molecule has 0 spiro atoms. The Kier molecular flexibility index (Phi) is 10.0. The van der Waals surface area contributed by atoms with Gasteiger partial charge in [-0.15, -0.1) is 11.3 Å².